The lowest BCUT2D eigenvalue weighted by molar-refractivity contribution is -0.123. The van der Waals surface area contributed by atoms with Crippen molar-refractivity contribution in [1.82, 2.24) is 10.6 Å². The summed E-state index contributed by atoms with van der Waals surface area (Å²) in [4.78, 5) is 23.3. The molecular weight excluding hydrogens is 356 g/mol. The van der Waals surface area contributed by atoms with Crippen LogP contribution in [0.5, 0.6) is 0 Å². The first-order valence-corrected chi connectivity index (χ1v) is 9.00. The molecule has 3 amide bonds. The summed E-state index contributed by atoms with van der Waals surface area (Å²) in [6.07, 6.45) is 0. The molecule has 2 aromatic rings. The topological polar surface area (TPSA) is 128 Å². The van der Waals surface area contributed by atoms with Gasteiger partial charge in [0.1, 0.15) is 5.54 Å². The number of nitrogens with one attached hydrogen (secondary N) is 3. The van der Waals surface area contributed by atoms with E-state index in [1.54, 1.807) is 19.1 Å². The fourth-order valence-corrected chi connectivity index (χ4v) is 3.60. The minimum atomic E-state index is -3.81. The molecule has 2 aromatic carbocycles. The van der Waals surface area contributed by atoms with Crippen molar-refractivity contribution >= 4 is 27.6 Å². The predicted octanol–water partition coefficient (Wildman–Crippen LogP) is 1.41. The summed E-state index contributed by atoms with van der Waals surface area (Å²) in [5.74, 6) is -0.478. The van der Waals surface area contributed by atoms with Gasteiger partial charge in [0.05, 0.1) is 16.5 Å². The SMILES string of the molecule is CC1(c2ccc(NS(=O)(=O)c3ccc(C#N)cc3)cc2)NC(=O)NC1=O. The van der Waals surface area contributed by atoms with Crippen LogP contribution < -0.4 is 15.4 Å². The van der Waals surface area contributed by atoms with E-state index in [0.29, 0.717) is 16.8 Å². The molecule has 0 aromatic heterocycles. The van der Waals surface area contributed by atoms with Crippen molar-refractivity contribution in [3.8, 4) is 6.07 Å². The lowest BCUT2D eigenvalue weighted by Gasteiger charge is -2.21. The normalized spacial score (nSPS) is 19.4. The molecule has 1 heterocycles. The van der Waals surface area contributed by atoms with Crippen molar-refractivity contribution in [2.24, 2.45) is 0 Å². The van der Waals surface area contributed by atoms with Crippen LogP contribution in [0.4, 0.5) is 10.5 Å². The van der Waals surface area contributed by atoms with E-state index in [1.165, 1.54) is 36.4 Å². The van der Waals surface area contributed by atoms with Crippen molar-refractivity contribution in [2.45, 2.75) is 17.4 Å². The van der Waals surface area contributed by atoms with Gasteiger partial charge in [-0.1, -0.05) is 12.1 Å². The zero-order valence-corrected chi connectivity index (χ0v) is 14.4. The van der Waals surface area contributed by atoms with Crippen LogP contribution >= 0.6 is 0 Å². The molecular formula is C17H14N4O4S. The molecule has 132 valence electrons. The highest BCUT2D eigenvalue weighted by Gasteiger charge is 2.43. The number of amides is 3. The highest BCUT2D eigenvalue weighted by molar-refractivity contribution is 7.92. The number of hydrogen-bond acceptors (Lipinski definition) is 5. The number of urea groups is 1. The average molecular weight is 370 g/mol. The largest absolute Gasteiger partial charge is 0.322 e. The van der Waals surface area contributed by atoms with Crippen molar-refractivity contribution in [3.05, 3.63) is 59.7 Å². The Morgan fingerprint density at radius 3 is 2.15 bits per heavy atom. The summed E-state index contributed by atoms with van der Waals surface area (Å²) in [6, 6.07) is 13.0. The molecule has 0 spiro atoms. The van der Waals surface area contributed by atoms with Gasteiger partial charge in [-0.2, -0.15) is 5.26 Å². The minimum Gasteiger partial charge on any atom is -0.320 e. The molecule has 0 radical (unpaired) electrons. The standard InChI is InChI=1S/C17H14N4O4S/c1-17(15(22)19-16(23)20-17)12-4-6-13(7-5-12)21-26(24,25)14-8-2-11(10-18)3-9-14/h2-9,21H,1H3,(H2,19,20,22,23). The summed E-state index contributed by atoms with van der Waals surface area (Å²) >= 11 is 0. The number of carbonyl (C=O) groups is 2. The van der Waals surface area contributed by atoms with Gasteiger partial charge in [-0.15, -0.1) is 0 Å². The number of rotatable bonds is 4. The van der Waals surface area contributed by atoms with Gasteiger partial charge >= 0.3 is 6.03 Å². The second kappa shape index (κ2) is 6.16. The number of anilines is 1. The first-order valence-electron chi connectivity index (χ1n) is 7.52. The van der Waals surface area contributed by atoms with Gasteiger partial charge in [0, 0.05) is 5.69 Å². The van der Waals surface area contributed by atoms with Crippen molar-refractivity contribution in [1.29, 1.82) is 5.26 Å². The predicted molar refractivity (Wildman–Crippen MR) is 92.4 cm³/mol. The van der Waals surface area contributed by atoms with Crippen LogP contribution in [-0.4, -0.2) is 20.4 Å². The lowest BCUT2D eigenvalue weighted by atomic mass is 9.92. The fraction of sp³-hybridized carbons (Fsp3) is 0.118. The maximum atomic E-state index is 12.4. The second-order valence-corrected chi connectivity index (χ2v) is 7.53. The van der Waals surface area contributed by atoms with Crippen LogP contribution in [0.25, 0.3) is 0 Å². The van der Waals surface area contributed by atoms with Gasteiger partial charge in [0.25, 0.3) is 15.9 Å². The summed E-state index contributed by atoms with van der Waals surface area (Å²) in [6.45, 7) is 1.56. The van der Waals surface area contributed by atoms with E-state index in [9.17, 15) is 18.0 Å². The van der Waals surface area contributed by atoms with E-state index in [1.807, 2.05) is 6.07 Å². The Kier molecular flexibility index (Phi) is 4.13. The number of nitrogens with zero attached hydrogens (tertiary/aromatic N) is 1. The Morgan fingerprint density at radius 1 is 1.04 bits per heavy atom. The summed E-state index contributed by atoms with van der Waals surface area (Å²) in [5, 5.41) is 13.5. The van der Waals surface area contributed by atoms with Crippen LogP contribution in [0.1, 0.15) is 18.1 Å². The van der Waals surface area contributed by atoms with Crippen LogP contribution in [0.3, 0.4) is 0 Å². The van der Waals surface area contributed by atoms with E-state index in [4.69, 9.17) is 5.26 Å². The van der Waals surface area contributed by atoms with Crippen molar-refractivity contribution < 1.29 is 18.0 Å². The molecule has 1 aliphatic heterocycles. The van der Waals surface area contributed by atoms with E-state index in [2.05, 4.69) is 15.4 Å². The molecule has 0 saturated carbocycles. The van der Waals surface area contributed by atoms with Gasteiger partial charge in [-0.3, -0.25) is 14.8 Å². The van der Waals surface area contributed by atoms with Crippen molar-refractivity contribution in [2.75, 3.05) is 4.72 Å². The molecule has 0 aliphatic carbocycles. The Morgan fingerprint density at radius 2 is 1.65 bits per heavy atom. The molecule has 1 atom stereocenters. The monoisotopic (exact) mass is 370 g/mol. The van der Waals surface area contributed by atoms with Gasteiger partial charge in [-0.05, 0) is 48.9 Å². The number of imide groups is 1. The third-order valence-electron chi connectivity index (χ3n) is 4.05. The smallest absolute Gasteiger partial charge is 0.320 e. The maximum Gasteiger partial charge on any atom is 0.322 e. The van der Waals surface area contributed by atoms with E-state index in [-0.39, 0.29) is 4.90 Å². The Hall–Kier alpha value is -3.38. The van der Waals surface area contributed by atoms with Gasteiger partial charge in [-0.25, -0.2) is 13.2 Å². The first kappa shape index (κ1) is 17.4. The van der Waals surface area contributed by atoms with Crippen LogP contribution in [0, 0.1) is 11.3 Å². The molecule has 1 unspecified atom stereocenters. The minimum absolute atomic E-state index is 0.0231. The third kappa shape index (κ3) is 3.10. The zero-order chi connectivity index (χ0) is 18.9. The van der Waals surface area contributed by atoms with E-state index in [0.717, 1.165) is 0 Å². The second-order valence-electron chi connectivity index (χ2n) is 5.85. The number of benzene rings is 2. The fourth-order valence-electron chi connectivity index (χ4n) is 2.54. The average Bonchev–Trinajstić information content (AvgIpc) is 2.88. The highest BCUT2D eigenvalue weighted by Crippen LogP contribution is 2.26. The molecule has 1 saturated heterocycles. The Bertz CT molecular complexity index is 1020. The number of carbonyl (C=O) groups excluding carboxylic acids is 2. The van der Waals surface area contributed by atoms with E-state index >= 15 is 0 Å². The summed E-state index contributed by atoms with van der Waals surface area (Å²) in [5.41, 5.74) is -0.0335. The van der Waals surface area contributed by atoms with Crippen LogP contribution in [0.2, 0.25) is 0 Å². The van der Waals surface area contributed by atoms with Crippen LogP contribution in [-0.2, 0) is 20.4 Å². The molecule has 26 heavy (non-hydrogen) atoms. The number of hydrogen-bond donors (Lipinski definition) is 3. The molecule has 9 heteroatoms. The van der Waals surface area contributed by atoms with Gasteiger partial charge in [0.2, 0.25) is 0 Å². The van der Waals surface area contributed by atoms with Gasteiger partial charge < -0.3 is 5.32 Å². The first-order chi connectivity index (χ1) is 12.2. The van der Waals surface area contributed by atoms with E-state index < -0.39 is 27.5 Å². The Balaban J connectivity index is 1.82. The summed E-state index contributed by atoms with van der Waals surface area (Å²) < 4.78 is 27.2. The lowest BCUT2D eigenvalue weighted by Crippen LogP contribution is -2.40. The summed E-state index contributed by atoms with van der Waals surface area (Å²) in [7, 11) is -3.81. The molecule has 8 nitrogen and oxygen atoms in total. The van der Waals surface area contributed by atoms with Gasteiger partial charge in [0.15, 0.2) is 0 Å². The molecule has 3 N–H and O–H groups in total. The highest BCUT2D eigenvalue weighted by atomic mass is 32.2. The van der Waals surface area contributed by atoms with Crippen molar-refractivity contribution in [3.63, 3.8) is 0 Å². The number of sulfonamides is 1. The maximum absolute atomic E-state index is 12.4. The molecule has 3 rings (SSSR count). The molecule has 0 bridgehead atoms. The van der Waals surface area contributed by atoms with Crippen LogP contribution in [0.15, 0.2) is 53.4 Å². The third-order valence-corrected chi connectivity index (χ3v) is 5.45. The number of nitriles is 1. The zero-order valence-electron chi connectivity index (χ0n) is 13.6. The molecule has 1 fully saturated rings. The Labute approximate surface area is 149 Å². The quantitative estimate of drug-likeness (QED) is 0.701. The molecule has 1 aliphatic rings.